The van der Waals surface area contributed by atoms with E-state index in [1.807, 2.05) is 6.07 Å². The van der Waals surface area contributed by atoms with Gasteiger partial charge in [-0.3, -0.25) is 14.2 Å². The summed E-state index contributed by atoms with van der Waals surface area (Å²) in [6.45, 7) is 0. The van der Waals surface area contributed by atoms with Crippen molar-refractivity contribution in [2.24, 2.45) is 13.0 Å². The Labute approximate surface area is 126 Å². The molecule has 1 aliphatic rings. The number of carbonyl (C=O) groups is 1. The lowest BCUT2D eigenvalue weighted by atomic mass is 10.1. The molecule has 0 atom stereocenters. The van der Waals surface area contributed by atoms with Gasteiger partial charge in [0.1, 0.15) is 0 Å². The first-order valence-corrected chi connectivity index (χ1v) is 9.12. The summed E-state index contributed by atoms with van der Waals surface area (Å²) in [6, 6.07) is 1.82. The summed E-state index contributed by atoms with van der Waals surface area (Å²) >= 11 is 0. The van der Waals surface area contributed by atoms with Crippen LogP contribution in [0.4, 0.5) is 0 Å². The number of nitrogens with zero attached hydrogens (tertiary/aromatic N) is 2. The fourth-order valence-corrected chi connectivity index (χ4v) is 3.98. The summed E-state index contributed by atoms with van der Waals surface area (Å²) in [4.78, 5) is 11.7. The van der Waals surface area contributed by atoms with Crippen LogP contribution in [-0.4, -0.2) is 29.9 Å². The van der Waals surface area contributed by atoms with E-state index in [1.54, 1.807) is 17.9 Å². The summed E-state index contributed by atoms with van der Waals surface area (Å²) < 4.78 is 27.6. The van der Waals surface area contributed by atoms with E-state index in [-0.39, 0.29) is 12.2 Å². The number of aryl methyl sites for hydroxylation is 2. The summed E-state index contributed by atoms with van der Waals surface area (Å²) in [5.41, 5.74) is 0.911. The molecule has 0 aliphatic heterocycles. The van der Waals surface area contributed by atoms with Crippen LogP contribution in [-0.2, 0) is 28.3 Å². The molecule has 2 rings (SSSR count). The van der Waals surface area contributed by atoms with E-state index in [0.29, 0.717) is 18.8 Å². The molecule has 1 aromatic heterocycles. The number of hydrogen-bond acceptors (Lipinski definition) is 4. The SMILES string of the molecule is Cn1nccc1CCC(=O)NS(=O)(=O)CCC1CCCC1. The van der Waals surface area contributed by atoms with Crippen molar-refractivity contribution in [2.45, 2.75) is 44.9 Å². The van der Waals surface area contributed by atoms with Crippen LogP contribution < -0.4 is 4.72 Å². The minimum absolute atomic E-state index is 0.0507. The fraction of sp³-hybridized carbons (Fsp3) is 0.714. The first kappa shape index (κ1) is 16.0. The molecule has 0 bridgehead atoms. The van der Waals surface area contributed by atoms with Gasteiger partial charge in [-0.25, -0.2) is 8.42 Å². The number of carbonyl (C=O) groups excluding carboxylic acids is 1. The molecule has 0 aromatic carbocycles. The van der Waals surface area contributed by atoms with E-state index in [1.165, 1.54) is 12.8 Å². The number of aromatic nitrogens is 2. The Kier molecular flexibility index (Phi) is 5.39. The van der Waals surface area contributed by atoms with E-state index in [0.717, 1.165) is 18.5 Å². The van der Waals surface area contributed by atoms with Crippen molar-refractivity contribution in [3.63, 3.8) is 0 Å². The monoisotopic (exact) mass is 313 g/mol. The normalized spacial score (nSPS) is 16.2. The third-order valence-electron chi connectivity index (χ3n) is 4.07. The van der Waals surface area contributed by atoms with Gasteiger partial charge in [0.25, 0.3) is 0 Å². The minimum Gasteiger partial charge on any atom is -0.274 e. The Morgan fingerprint density at radius 3 is 2.76 bits per heavy atom. The average Bonchev–Trinajstić information content (AvgIpc) is 3.05. The molecule has 0 saturated heterocycles. The predicted molar refractivity (Wildman–Crippen MR) is 80.0 cm³/mol. The second-order valence-electron chi connectivity index (χ2n) is 5.73. The molecule has 1 N–H and O–H groups in total. The van der Waals surface area contributed by atoms with Crippen LogP contribution in [0.25, 0.3) is 0 Å². The van der Waals surface area contributed by atoms with Crippen LogP contribution in [0.3, 0.4) is 0 Å². The Morgan fingerprint density at radius 1 is 1.43 bits per heavy atom. The van der Waals surface area contributed by atoms with Crippen LogP contribution in [0.15, 0.2) is 12.3 Å². The van der Waals surface area contributed by atoms with Crippen molar-refractivity contribution in [1.29, 1.82) is 0 Å². The van der Waals surface area contributed by atoms with E-state index in [4.69, 9.17) is 0 Å². The molecule has 0 unspecified atom stereocenters. The minimum atomic E-state index is -3.49. The highest BCUT2D eigenvalue weighted by molar-refractivity contribution is 7.90. The second-order valence-corrected chi connectivity index (χ2v) is 7.57. The molecule has 1 amide bonds. The smallest absolute Gasteiger partial charge is 0.234 e. The number of hydrogen-bond donors (Lipinski definition) is 1. The van der Waals surface area contributed by atoms with Gasteiger partial charge in [-0.1, -0.05) is 25.7 Å². The highest BCUT2D eigenvalue weighted by atomic mass is 32.2. The van der Waals surface area contributed by atoms with E-state index < -0.39 is 15.9 Å². The first-order chi connectivity index (χ1) is 9.96. The summed E-state index contributed by atoms with van der Waals surface area (Å²) in [5, 5.41) is 4.01. The molecular formula is C14H23N3O3S. The number of rotatable bonds is 7. The van der Waals surface area contributed by atoms with E-state index >= 15 is 0 Å². The predicted octanol–water partition coefficient (Wildman–Crippen LogP) is 1.38. The molecule has 1 aromatic rings. The van der Waals surface area contributed by atoms with Crippen molar-refractivity contribution >= 4 is 15.9 Å². The molecule has 0 radical (unpaired) electrons. The number of sulfonamides is 1. The number of amides is 1. The van der Waals surface area contributed by atoms with Crippen molar-refractivity contribution in [1.82, 2.24) is 14.5 Å². The molecule has 0 spiro atoms. The zero-order valence-corrected chi connectivity index (χ0v) is 13.2. The molecule has 118 valence electrons. The van der Waals surface area contributed by atoms with E-state index in [9.17, 15) is 13.2 Å². The maximum absolute atomic E-state index is 11.9. The molecule has 7 heteroatoms. The molecule has 21 heavy (non-hydrogen) atoms. The Morgan fingerprint density at radius 2 is 2.14 bits per heavy atom. The molecule has 1 saturated carbocycles. The van der Waals surface area contributed by atoms with Gasteiger partial charge >= 0.3 is 0 Å². The molecule has 6 nitrogen and oxygen atoms in total. The average molecular weight is 313 g/mol. The van der Waals surface area contributed by atoms with Gasteiger partial charge in [0.15, 0.2) is 0 Å². The second kappa shape index (κ2) is 7.06. The standard InChI is InChI=1S/C14H23N3O3S/c1-17-13(8-10-15-17)6-7-14(18)16-21(19,20)11-9-12-4-2-3-5-12/h8,10,12H,2-7,9,11H2,1H3,(H,16,18). The van der Waals surface area contributed by atoms with Crippen LogP contribution >= 0.6 is 0 Å². The quantitative estimate of drug-likeness (QED) is 0.824. The summed E-state index contributed by atoms with van der Waals surface area (Å²) in [6.07, 6.45) is 7.58. The van der Waals surface area contributed by atoms with Crippen molar-refractivity contribution in [3.05, 3.63) is 18.0 Å². The summed E-state index contributed by atoms with van der Waals surface area (Å²) in [7, 11) is -1.69. The molecule has 1 heterocycles. The first-order valence-electron chi connectivity index (χ1n) is 7.46. The van der Waals surface area contributed by atoms with Gasteiger partial charge < -0.3 is 0 Å². The Balaban J connectivity index is 1.73. The lowest BCUT2D eigenvalue weighted by Crippen LogP contribution is -2.33. The lowest BCUT2D eigenvalue weighted by molar-refractivity contribution is -0.119. The maximum atomic E-state index is 11.9. The van der Waals surface area contributed by atoms with Gasteiger partial charge in [-0.05, 0) is 24.8 Å². The van der Waals surface area contributed by atoms with Gasteiger partial charge in [0, 0.05) is 25.4 Å². The molecule has 1 fully saturated rings. The van der Waals surface area contributed by atoms with E-state index in [2.05, 4.69) is 9.82 Å². The number of nitrogens with one attached hydrogen (secondary N) is 1. The van der Waals surface area contributed by atoms with Crippen LogP contribution in [0.5, 0.6) is 0 Å². The maximum Gasteiger partial charge on any atom is 0.234 e. The third-order valence-corrected chi connectivity index (χ3v) is 5.38. The zero-order chi connectivity index (χ0) is 15.3. The zero-order valence-electron chi connectivity index (χ0n) is 12.4. The van der Waals surface area contributed by atoms with Crippen molar-refractivity contribution in [3.8, 4) is 0 Å². The lowest BCUT2D eigenvalue weighted by Gasteiger charge is -2.10. The Hall–Kier alpha value is -1.37. The fourth-order valence-electron chi connectivity index (χ4n) is 2.78. The summed E-state index contributed by atoms with van der Waals surface area (Å²) in [5.74, 6) is 0.114. The molecular weight excluding hydrogens is 290 g/mol. The Bertz CT molecular complexity index is 574. The highest BCUT2D eigenvalue weighted by Gasteiger charge is 2.20. The van der Waals surface area contributed by atoms with Crippen molar-refractivity contribution in [2.75, 3.05) is 5.75 Å². The van der Waals surface area contributed by atoms with Crippen LogP contribution in [0.1, 0.15) is 44.2 Å². The van der Waals surface area contributed by atoms with Crippen LogP contribution in [0, 0.1) is 5.92 Å². The van der Waals surface area contributed by atoms with Crippen LogP contribution in [0.2, 0.25) is 0 Å². The van der Waals surface area contributed by atoms with Gasteiger partial charge in [-0.15, -0.1) is 0 Å². The van der Waals surface area contributed by atoms with Gasteiger partial charge in [0.05, 0.1) is 5.75 Å². The third kappa shape index (κ3) is 5.15. The van der Waals surface area contributed by atoms with Gasteiger partial charge in [-0.2, -0.15) is 5.10 Å². The molecule has 1 aliphatic carbocycles. The van der Waals surface area contributed by atoms with Crippen molar-refractivity contribution < 1.29 is 13.2 Å². The van der Waals surface area contributed by atoms with Gasteiger partial charge in [0.2, 0.25) is 15.9 Å². The topological polar surface area (TPSA) is 81.1 Å². The largest absolute Gasteiger partial charge is 0.274 e. The highest BCUT2D eigenvalue weighted by Crippen LogP contribution is 2.27.